The molecule has 1 heterocycles. The van der Waals surface area contributed by atoms with E-state index < -0.39 is 28.6 Å². The topological polar surface area (TPSA) is 110 Å². The van der Waals surface area contributed by atoms with Gasteiger partial charge in [0.05, 0.1) is 22.5 Å². The van der Waals surface area contributed by atoms with Crippen LogP contribution in [0.5, 0.6) is 0 Å². The molecule has 4 N–H and O–H groups in total. The quantitative estimate of drug-likeness (QED) is 0.534. The molecule has 0 aliphatic heterocycles. The second kappa shape index (κ2) is 9.23. The molecule has 0 bridgehead atoms. The predicted molar refractivity (Wildman–Crippen MR) is 113 cm³/mol. The fourth-order valence-electron chi connectivity index (χ4n) is 2.83. The summed E-state index contributed by atoms with van der Waals surface area (Å²) in [6, 6.07) is 9.75. The Hall–Kier alpha value is -3.66. The van der Waals surface area contributed by atoms with Crippen LogP contribution in [-0.4, -0.2) is 28.8 Å². The largest absolute Gasteiger partial charge is 0.417 e. The molecule has 2 amide bonds. The van der Waals surface area contributed by atoms with Crippen LogP contribution in [0.25, 0.3) is 11.3 Å². The van der Waals surface area contributed by atoms with Crippen LogP contribution >= 0.6 is 11.6 Å². The summed E-state index contributed by atoms with van der Waals surface area (Å²) in [4.78, 5) is 32.6. The van der Waals surface area contributed by atoms with Gasteiger partial charge in [-0.1, -0.05) is 29.8 Å². The van der Waals surface area contributed by atoms with Crippen LogP contribution in [0.15, 0.2) is 48.7 Å². The molecule has 0 fully saturated rings. The van der Waals surface area contributed by atoms with Crippen molar-refractivity contribution in [3.05, 3.63) is 76.1 Å². The van der Waals surface area contributed by atoms with Crippen LogP contribution in [0, 0.1) is 0 Å². The second-order valence-electron chi connectivity index (χ2n) is 6.64. The van der Waals surface area contributed by atoms with Gasteiger partial charge in [-0.3, -0.25) is 9.59 Å². The summed E-state index contributed by atoms with van der Waals surface area (Å²) in [7, 11) is 1.43. The molecule has 32 heavy (non-hydrogen) atoms. The first-order chi connectivity index (χ1) is 15.1. The molecule has 0 aliphatic rings. The lowest BCUT2D eigenvalue weighted by Crippen LogP contribution is -2.23. The van der Waals surface area contributed by atoms with Gasteiger partial charge in [0.2, 0.25) is 0 Å². The highest BCUT2D eigenvalue weighted by atomic mass is 35.5. The Morgan fingerprint density at radius 1 is 1.12 bits per heavy atom. The minimum Gasteiger partial charge on any atom is -0.382 e. The first kappa shape index (κ1) is 23.0. The Labute approximate surface area is 185 Å². The number of rotatable bonds is 5. The molecule has 0 aliphatic carbocycles. The lowest BCUT2D eigenvalue weighted by Gasteiger charge is -2.12. The van der Waals surface area contributed by atoms with E-state index in [1.807, 2.05) is 0 Å². The Balaban J connectivity index is 1.79. The summed E-state index contributed by atoms with van der Waals surface area (Å²) < 4.78 is 39.0. The van der Waals surface area contributed by atoms with Gasteiger partial charge in [-0.15, -0.1) is 0 Å². The second-order valence-corrected chi connectivity index (χ2v) is 7.05. The highest BCUT2D eigenvalue weighted by Gasteiger charge is 2.33. The molecule has 0 unspecified atom stereocenters. The van der Waals surface area contributed by atoms with Crippen LogP contribution in [-0.2, 0) is 12.7 Å². The molecule has 3 rings (SSSR count). The Bertz CT molecular complexity index is 1180. The summed E-state index contributed by atoms with van der Waals surface area (Å²) in [6.45, 7) is -0.133. The molecule has 0 saturated carbocycles. The molecule has 1 aromatic heterocycles. The van der Waals surface area contributed by atoms with Crippen molar-refractivity contribution in [3.63, 3.8) is 0 Å². The smallest absolute Gasteiger partial charge is 0.382 e. The molecular formula is C21H17ClF3N5O2. The van der Waals surface area contributed by atoms with E-state index in [9.17, 15) is 22.8 Å². The number of alkyl halides is 3. The van der Waals surface area contributed by atoms with Crippen molar-refractivity contribution >= 4 is 29.2 Å². The number of nitrogens with zero attached hydrogens (tertiary/aromatic N) is 2. The number of nitrogens with one attached hydrogen (secondary N) is 2. The lowest BCUT2D eigenvalue weighted by molar-refractivity contribution is -0.137. The molecule has 11 heteroatoms. The number of halogens is 4. The average Bonchev–Trinajstić information content (AvgIpc) is 2.77. The van der Waals surface area contributed by atoms with Gasteiger partial charge in [-0.2, -0.15) is 13.2 Å². The first-order valence-electron chi connectivity index (χ1n) is 9.19. The van der Waals surface area contributed by atoms with Crippen molar-refractivity contribution in [2.24, 2.45) is 0 Å². The average molecular weight is 464 g/mol. The van der Waals surface area contributed by atoms with Crippen LogP contribution in [0.2, 0.25) is 5.02 Å². The van der Waals surface area contributed by atoms with Gasteiger partial charge >= 0.3 is 6.18 Å². The number of aromatic nitrogens is 2. The normalized spacial score (nSPS) is 11.2. The summed E-state index contributed by atoms with van der Waals surface area (Å²) >= 11 is 5.61. The van der Waals surface area contributed by atoms with Crippen molar-refractivity contribution in [3.8, 4) is 11.3 Å². The van der Waals surface area contributed by atoms with Crippen LogP contribution < -0.4 is 16.4 Å². The standard InChI is InChI=1S/C21H17ClF3N5O2/c1-27-20(32)17-18(26)28-10-16(30-17)12-3-2-4-13(8-12)19(31)29-9-11-5-6-15(22)14(7-11)21(23,24)25/h2-8,10H,9H2,1H3,(H2,26,28)(H,27,32)(H,29,31). The van der Waals surface area contributed by atoms with Gasteiger partial charge in [0.25, 0.3) is 11.8 Å². The molecular weight excluding hydrogens is 447 g/mol. The van der Waals surface area contributed by atoms with E-state index in [2.05, 4.69) is 20.6 Å². The fraction of sp³-hybridized carbons (Fsp3) is 0.143. The number of anilines is 1. The molecule has 7 nitrogen and oxygen atoms in total. The maximum Gasteiger partial charge on any atom is 0.417 e. The van der Waals surface area contributed by atoms with Crippen LogP contribution in [0.3, 0.4) is 0 Å². The van der Waals surface area contributed by atoms with Gasteiger partial charge < -0.3 is 16.4 Å². The zero-order valence-corrected chi connectivity index (χ0v) is 17.4. The number of hydrogen-bond acceptors (Lipinski definition) is 5. The zero-order chi connectivity index (χ0) is 23.5. The maximum atomic E-state index is 13.0. The van der Waals surface area contributed by atoms with E-state index in [-0.39, 0.29) is 29.2 Å². The van der Waals surface area contributed by atoms with E-state index in [1.165, 1.54) is 31.4 Å². The van der Waals surface area contributed by atoms with Crippen molar-refractivity contribution in [1.82, 2.24) is 20.6 Å². The summed E-state index contributed by atoms with van der Waals surface area (Å²) in [5.74, 6) is -1.06. The Morgan fingerprint density at radius 3 is 2.56 bits per heavy atom. The van der Waals surface area contributed by atoms with Crippen molar-refractivity contribution in [2.75, 3.05) is 12.8 Å². The van der Waals surface area contributed by atoms with Crippen molar-refractivity contribution in [1.29, 1.82) is 0 Å². The fourth-order valence-corrected chi connectivity index (χ4v) is 3.05. The highest BCUT2D eigenvalue weighted by Crippen LogP contribution is 2.35. The van der Waals surface area contributed by atoms with Crippen LogP contribution in [0.1, 0.15) is 32.0 Å². The summed E-state index contributed by atoms with van der Waals surface area (Å²) in [5, 5.41) is 4.57. The van der Waals surface area contributed by atoms with Crippen LogP contribution in [0.4, 0.5) is 19.0 Å². The number of benzene rings is 2. The van der Waals surface area contributed by atoms with Gasteiger partial charge in [-0.05, 0) is 29.8 Å². The molecule has 3 aromatic rings. The number of hydrogen-bond donors (Lipinski definition) is 3. The van der Waals surface area contributed by atoms with Gasteiger partial charge in [0.15, 0.2) is 11.5 Å². The number of carbonyl (C=O) groups excluding carboxylic acids is 2. The number of amides is 2. The SMILES string of the molecule is CNC(=O)c1nc(-c2cccc(C(=O)NCc3ccc(Cl)c(C(F)(F)F)c3)c2)cnc1N. The van der Waals surface area contributed by atoms with Gasteiger partial charge in [0.1, 0.15) is 0 Å². The van der Waals surface area contributed by atoms with Gasteiger partial charge in [0, 0.05) is 24.7 Å². The summed E-state index contributed by atoms with van der Waals surface area (Å²) in [6.07, 6.45) is -3.23. The zero-order valence-electron chi connectivity index (χ0n) is 16.6. The van der Waals surface area contributed by atoms with E-state index in [0.717, 1.165) is 12.1 Å². The number of nitrogen functional groups attached to an aromatic ring is 1. The molecule has 0 spiro atoms. The highest BCUT2D eigenvalue weighted by molar-refractivity contribution is 6.31. The third-order valence-electron chi connectivity index (χ3n) is 4.45. The molecule has 166 valence electrons. The molecule has 0 saturated heterocycles. The number of nitrogens with two attached hydrogens (primary N) is 1. The Morgan fingerprint density at radius 2 is 1.88 bits per heavy atom. The Kier molecular flexibility index (Phi) is 6.64. The monoisotopic (exact) mass is 463 g/mol. The van der Waals surface area contributed by atoms with E-state index >= 15 is 0 Å². The van der Waals surface area contributed by atoms with Crippen molar-refractivity contribution < 1.29 is 22.8 Å². The van der Waals surface area contributed by atoms with E-state index in [4.69, 9.17) is 17.3 Å². The third kappa shape index (κ3) is 5.14. The molecule has 0 radical (unpaired) electrons. The lowest BCUT2D eigenvalue weighted by atomic mass is 10.1. The summed E-state index contributed by atoms with van der Waals surface area (Å²) in [5.41, 5.74) is 5.97. The number of carbonyl (C=O) groups is 2. The van der Waals surface area contributed by atoms with E-state index in [0.29, 0.717) is 11.3 Å². The maximum absolute atomic E-state index is 13.0. The molecule has 0 atom stereocenters. The molecule has 2 aromatic carbocycles. The minimum absolute atomic E-state index is 0.0387. The minimum atomic E-state index is -4.60. The first-order valence-corrected chi connectivity index (χ1v) is 9.57. The third-order valence-corrected chi connectivity index (χ3v) is 4.78. The predicted octanol–water partition coefficient (Wildman–Crippen LogP) is 3.69. The van der Waals surface area contributed by atoms with Crippen molar-refractivity contribution in [2.45, 2.75) is 12.7 Å². The van der Waals surface area contributed by atoms with Gasteiger partial charge in [-0.25, -0.2) is 9.97 Å². The van der Waals surface area contributed by atoms with E-state index in [1.54, 1.807) is 12.1 Å².